The average Bonchev–Trinajstić information content (AvgIpc) is 3.11. The highest BCUT2D eigenvalue weighted by atomic mass is 35.5. The number of fused-ring (bicyclic) bond motifs is 3. The lowest BCUT2D eigenvalue weighted by Gasteiger charge is -2.24. The maximum absolute atomic E-state index is 12.2. The Morgan fingerprint density at radius 2 is 1.06 bits per heavy atom. The zero-order valence-electron chi connectivity index (χ0n) is 42.0. The van der Waals surface area contributed by atoms with Gasteiger partial charge in [-0.1, -0.05) is 197 Å². The smallest absolute Gasteiger partial charge is 0.328 e. The van der Waals surface area contributed by atoms with E-state index in [-0.39, 0.29) is 13.0 Å². The van der Waals surface area contributed by atoms with E-state index in [0.717, 1.165) is 42.3 Å². The zero-order valence-corrected chi connectivity index (χ0v) is 45.2. The van der Waals surface area contributed by atoms with Crippen LogP contribution in [0.4, 0.5) is 0 Å². The molecule has 380 valence electrons. The Balaban J connectivity index is 1.39. The van der Waals surface area contributed by atoms with E-state index in [2.05, 4.69) is 68.4 Å². The molecule has 0 aliphatic rings. The molecule has 16 heteroatoms. The lowest BCUT2D eigenvalue weighted by Crippen LogP contribution is -2.54. The molecule has 0 fully saturated rings. The van der Waals surface area contributed by atoms with E-state index in [1.165, 1.54) is 22.7 Å². The number of para-hydroxylation sites is 2. The first-order valence-corrected chi connectivity index (χ1v) is 29.0. The maximum Gasteiger partial charge on any atom is 0.328 e. The lowest BCUT2D eigenvalue weighted by atomic mass is 9.50. The maximum atomic E-state index is 12.2. The van der Waals surface area contributed by atoms with Crippen LogP contribution in [0.25, 0.3) is 69.8 Å². The van der Waals surface area contributed by atoms with Crippen molar-refractivity contribution < 1.29 is 17.7 Å². The number of hydrogen-bond donors (Lipinski definition) is 1. The van der Waals surface area contributed by atoms with Crippen molar-refractivity contribution in [3.63, 3.8) is 0 Å². The molecular weight excluding hydrogens is 1060 g/mol. The van der Waals surface area contributed by atoms with Crippen molar-refractivity contribution >= 4 is 122 Å². The number of ether oxygens (including phenoxy) is 1. The Kier molecular flexibility index (Phi) is 14.1. The number of rotatable bonds is 15. The fraction of sp³-hybridized carbons (Fsp3) is 0.0476. The predicted octanol–water partition coefficient (Wildman–Crippen LogP) is 10.4. The molecule has 0 saturated heterocycles. The van der Waals surface area contributed by atoms with Gasteiger partial charge in [0.2, 0.25) is 5.70 Å². The van der Waals surface area contributed by atoms with E-state index in [1.54, 1.807) is 0 Å². The Morgan fingerprint density at radius 1 is 0.608 bits per heavy atom. The van der Waals surface area contributed by atoms with Crippen LogP contribution in [0, 0.1) is 17.9 Å². The summed E-state index contributed by atoms with van der Waals surface area (Å²) in [4.78, 5) is 15.1. The lowest BCUT2D eigenvalue weighted by molar-refractivity contribution is 0.316. The summed E-state index contributed by atoms with van der Waals surface area (Å²) < 4.78 is 45.3. The molecule has 12 aromatic rings. The van der Waals surface area contributed by atoms with Crippen LogP contribution in [0.3, 0.4) is 0 Å². The SMILES string of the molecule is [C-]#[N+]/C(c1nc2ccccc2s1)=c1\c2c(-c3ccccc3Cl)n(B(c3ccccc3)c3ccccc3)/c(=C(/C#N)c3nc4ccccc4s3)c2c(-c2ccc(OCCCS(=O)(=O)O)cc2)n1B(c1ccccc1)c1ccccc1. The minimum absolute atomic E-state index is 0.0384. The van der Waals surface area contributed by atoms with E-state index in [9.17, 15) is 24.8 Å². The van der Waals surface area contributed by atoms with Crippen molar-refractivity contribution in [2.24, 2.45) is 0 Å². The van der Waals surface area contributed by atoms with Gasteiger partial charge >= 0.3 is 13.7 Å². The zero-order chi connectivity index (χ0) is 54.0. The molecule has 8 aromatic carbocycles. The Labute approximate surface area is 469 Å². The van der Waals surface area contributed by atoms with Gasteiger partial charge in [-0.05, 0) is 66.6 Å². The second-order valence-corrected chi connectivity index (χ2v) is 22.8. The molecule has 0 spiro atoms. The van der Waals surface area contributed by atoms with Gasteiger partial charge in [0.25, 0.3) is 10.1 Å². The van der Waals surface area contributed by atoms with Crippen LogP contribution >= 0.6 is 34.3 Å². The molecule has 0 aliphatic carbocycles. The number of hydrogen-bond acceptors (Lipinski definition) is 8. The fourth-order valence-electron chi connectivity index (χ4n) is 10.6. The van der Waals surface area contributed by atoms with E-state index in [4.69, 9.17) is 26.3 Å². The van der Waals surface area contributed by atoms with Gasteiger partial charge in [-0.3, -0.25) is 4.55 Å². The third kappa shape index (κ3) is 9.84. The van der Waals surface area contributed by atoms with E-state index in [1.807, 2.05) is 170 Å². The molecule has 0 amide bonds. The van der Waals surface area contributed by atoms with Crippen LogP contribution in [0.15, 0.2) is 218 Å². The minimum atomic E-state index is -4.19. The van der Waals surface area contributed by atoms with Gasteiger partial charge < -0.3 is 13.7 Å². The molecule has 1 N–H and O–H groups in total. The summed E-state index contributed by atoms with van der Waals surface area (Å²) in [5.74, 6) is 0.0296. The number of thiazole rings is 2. The van der Waals surface area contributed by atoms with Gasteiger partial charge in [0, 0.05) is 38.1 Å². The van der Waals surface area contributed by atoms with Gasteiger partial charge in [-0.25, -0.2) is 14.8 Å². The monoisotopic (exact) mass is 1100 g/mol. The summed E-state index contributed by atoms with van der Waals surface area (Å²) in [6.07, 6.45) is 0.0779. The molecule has 0 bridgehead atoms. The summed E-state index contributed by atoms with van der Waals surface area (Å²) >= 11 is 10.5. The summed E-state index contributed by atoms with van der Waals surface area (Å²) in [6.45, 7) is 8.35. The van der Waals surface area contributed by atoms with Crippen molar-refractivity contribution in [1.29, 1.82) is 5.26 Å². The average molecular weight is 1100 g/mol. The van der Waals surface area contributed by atoms with Gasteiger partial charge in [0.15, 0.2) is 0 Å². The van der Waals surface area contributed by atoms with Crippen LogP contribution in [-0.4, -0.2) is 57.9 Å². The number of nitriles is 1. The fourth-order valence-corrected chi connectivity index (χ4v) is 13.2. The van der Waals surface area contributed by atoms with Crippen molar-refractivity contribution in [2.75, 3.05) is 12.4 Å². The molecule has 79 heavy (non-hydrogen) atoms. The number of halogens is 1. The Hall–Kier alpha value is -8.79. The van der Waals surface area contributed by atoms with Gasteiger partial charge in [0.1, 0.15) is 27.4 Å². The normalized spacial score (nSPS) is 12.3. The van der Waals surface area contributed by atoms with Crippen LogP contribution < -0.4 is 37.3 Å². The van der Waals surface area contributed by atoms with Gasteiger partial charge in [-0.15, -0.1) is 22.7 Å². The molecule has 0 radical (unpaired) electrons. The first-order valence-electron chi connectivity index (χ1n) is 25.4. The highest BCUT2D eigenvalue weighted by Crippen LogP contribution is 2.40. The van der Waals surface area contributed by atoms with Crippen LogP contribution in [0.5, 0.6) is 5.75 Å². The van der Waals surface area contributed by atoms with Crippen LogP contribution in [0.1, 0.15) is 16.4 Å². The molecule has 0 unspecified atom stereocenters. The molecule has 10 nitrogen and oxygen atoms in total. The predicted molar refractivity (Wildman–Crippen MR) is 325 cm³/mol. The second kappa shape index (κ2) is 21.9. The number of nitrogens with zero attached hydrogens (tertiary/aromatic N) is 6. The van der Waals surface area contributed by atoms with E-state index >= 15 is 0 Å². The summed E-state index contributed by atoms with van der Waals surface area (Å²) in [7, 11) is -4.19. The van der Waals surface area contributed by atoms with E-state index < -0.39 is 29.6 Å². The molecular formula is C63H43B2ClN6O4S3. The number of aromatic nitrogens is 4. The Bertz CT molecular complexity index is 4340. The first-order chi connectivity index (χ1) is 38.7. The van der Waals surface area contributed by atoms with Crippen molar-refractivity contribution in [1.82, 2.24) is 18.9 Å². The second-order valence-electron chi connectivity index (χ2n) is 18.7. The summed E-state index contributed by atoms with van der Waals surface area (Å²) in [5, 5.41) is 16.1. The topological polar surface area (TPSA) is 127 Å². The van der Waals surface area contributed by atoms with Crippen molar-refractivity contribution in [3.8, 4) is 34.3 Å². The molecule has 4 heterocycles. The van der Waals surface area contributed by atoms with E-state index in [0.29, 0.717) is 76.0 Å². The highest BCUT2D eigenvalue weighted by Gasteiger charge is 2.38. The standard InChI is InChI=1S/C63H43B2ClN6O4S3/c1-68-57(63-70-52-32-17-19-34-54(52)78-63)61-56-55(58(42-35-37-47(38-36-42)76-39-20-40-79(73,74)75)71(61)64(43-21-6-2-7-22-43)44-23-8-3-9-24-44)60(49(41-67)62-69-51-31-16-18-33-53(51)77-62)72(59(56)48-29-14-15-30-50(48)66)65(45-25-10-4-11-26-45)46-27-12-5-13-28-46/h2-19,21-38H,20,39-40H2,(H,73,74,75)/b60-49-,61-57+. The first kappa shape index (κ1) is 51.0. The largest absolute Gasteiger partial charge is 0.494 e. The Morgan fingerprint density at radius 3 is 1.56 bits per heavy atom. The van der Waals surface area contributed by atoms with Crippen LogP contribution in [0.2, 0.25) is 5.02 Å². The quantitative estimate of drug-likeness (QED) is 0.0469. The minimum Gasteiger partial charge on any atom is -0.494 e. The third-order valence-corrected chi connectivity index (χ3v) is 17.1. The van der Waals surface area contributed by atoms with Crippen LogP contribution in [-0.2, 0) is 10.1 Å². The van der Waals surface area contributed by atoms with Crippen molar-refractivity contribution in [3.05, 3.63) is 256 Å². The molecule has 0 saturated carbocycles. The molecule has 4 aromatic heterocycles. The molecule has 12 rings (SSSR count). The van der Waals surface area contributed by atoms with Gasteiger partial charge in [0.05, 0.1) is 44.7 Å². The van der Waals surface area contributed by atoms with Gasteiger partial charge in [-0.2, -0.15) is 13.7 Å². The summed E-state index contributed by atoms with van der Waals surface area (Å²) in [6, 6.07) is 74.7. The molecule has 0 atom stereocenters. The third-order valence-electron chi connectivity index (χ3n) is 13.9. The highest BCUT2D eigenvalue weighted by molar-refractivity contribution is 7.85. The van der Waals surface area contributed by atoms with Crippen molar-refractivity contribution in [2.45, 2.75) is 6.42 Å². The summed E-state index contributed by atoms with van der Waals surface area (Å²) in [5.41, 5.74) is 8.55. The number of benzene rings is 8. The molecule has 0 aliphatic heterocycles.